The molecule has 1 aliphatic heterocycles. The average molecular weight is 222 g/mol. The van der Waals surface area contributed by atoms with Crippen molar-refractivity contribution in [1.82, 2.24) is 5.32 Å². The topological polar surface area (TPSA) is 32.3 Å². The summed E-state index contributed by atoms with van der Waals surface area (Å²) in [5.74, 6) is -0.320. The number of amides is 1. The lowest BCUT2D eigenvalue weighted by atomic mass is 10.2. The minimum absolute atomic E-state index is 0.00287. The fraction of sp³-hybridized carbons (Fsp3) is 0.417. The van der Waals surface area contributed by atoms with Crippen molar-refractivity contribution >= 4 is 11.6 Å². The Morgan fingerprint density at radius 1 is 1.56 bits per heavy atom. The first-order valence-electron chi connectivity index (χ1n) is 5.45. The van der Waals surface area contributed by atoms with Gasteiger partial charge in [0.05, 0.1) is 6.04 Å². The van der Waals surface area contributed by atoms with Crippen LogP contribution in [0.3, 0.4) is 0 Å². The van der Waals surface area contributed by atoms with Crippen molar-refractivity contribution in [2.45, 2.75) is 18.9 Å². The molecule has 1 N–H and O–H groups in total. The molecule has 1 heterocycles. The number of rotatable bonds is 2. The smallest absolute Gasteiger partial charge is 0.243 e. The molecule has 0 unspecified atom stereocenters. The van der Waals surface area contributed by atoms with Crippen molar-refractivity contribution < 1.29 is 9.18 Å². The van der Waals surface area contributed by atoms with Crippen molar-refractivity contribution in [1.29, 1.82) is 0 Å². The lowest BCUT2D eigenvalue weighted by Gasteiger charge is -2.21. The van der Waals surface area contributed by atoms with Crippen LogP contribution in [0.1, 0.15) is 12.8 Å². The Bertz CT molecular complexity index is 388. The summed E-state index contributed by atoms with van der Waals surface area (Å²) in [4.78, 5) is 13.5. The number of nitrogens with zero attached hydrogens (tertiary/aromatic N) is 1. The van der Waals surface area contributed by atoms with Gasteiger partial charge in [-0.2, -0.15) is 0 Å². The highest BCUT2D eigenvalue weighted by Crippen LogP contribution is 2.17. The summed E-state index contributed by atoms with van der Waals surface area (Å²) >= 11 is 0. The fourth-order valence-corrected chi connectivity index (χ4v) is 1.94. The predicted molar refractivity (Wildman–Crippen MR) is 60.8 cm³/mol. The van der Waals surface area contributed by atoms with Gasteiger partial charge in [-0.15, -0.1) is 0 Å². The van der Waals surface area contributed by atoms with Crippen molar-refractivity contribution in [3.05, 3.63) is 30.1 Å². The van der Waals surface area contributed by atoms with Crippen molar-refractivity contribution in [3.63, 3.8) is 0 Å². The van der Waals surface area contributed by atoms with E-state index in [0.29, 0.717) is 5.69 Å². The van der Waals surface area contributed by atoms with E-state index < -0.39 is 0 Å². The molecule has 16 heavy (non-hydrogen) atoms. The molecule has 0 aromatic heterocycles. The zero-order chi connectivity index (χ0) is 11.5. The molecule has 2 rings (SSSR count). The van der Waals surface area contributed by atoms with Crippen LogP contribution in [-0.4, -0.2) is 25.5 Å². The van der Waals surface area contributed by atoms with E-state index in [1.165, 1.54) is 17.0 Å². The first-order valence-corrected chi connectivity index (χ1v) is 5.45. The molecule has 0 aliphatic carbocycles. The molecular weight excluding hydrogens is 207 g/mol. The highest BCUT2D eigenvalue weighted by molar-refractivity contribution is 5.96. The molecule has 0 radical (unpaired) electrons. The average Bonchev–Trinajstić information content (AvgIpc) is 2.80. The molecule has 86 valence electrons. The Balaban J connectivity index is 2.11. The second kappa shape index (κ2) is 4.61. The number of anilines is 1. The molecular formula is C12H15FN2O. The normalized spacial score (nSPS) is 19.8. The minimum Gasteiger partial charge on any atom is -0.314 e. The largest absolute Gasteiger partial charge is 0.314 e. The zero-order valence-electron chi connectivity index (χ0n) is 9.24. The Morgan fingerprint density at radius 2 is 2.38 bits per heavy atom. The lowest BCUT2D eigenvalue weighted by molar-refractivity contribution is -0.119. The molecule has 1 aromatic rings. The Labute approximate surface area is 94.3 Å². The van der Waals surface area contributed by atoms with E-state index in [2.05, 4.69) is 5.32 Å². The van der Waals surface area contributed by atoms with Gasteiger partial charge in [0.2, 0.25) is 5.91 Å². The molecule has 4 heteroatoms. The SMILES string of the molecule is CN(C(=O)[C@H]1CCCN1)c1cccc(F)c1. The number of nitrogens with one attached hydrogen (secondary N) is 1. The van der Waals surface area contributed by atoms with Gasteiger partial charge in [0.15, 0.2) is 0 Å². The van der Waals surface area contributed by atoms with Gasteiger partial charge in [-0.3, -0.25) is 4.79 Å². The lowest BCUT2D eigenvalue weighted by Crippen LogP contribution is -2.41. The number of halogens is 1. The third-order valence-corrected chi connectivity index (χ3v) is 2.88. The van der Waals surface area contributed by atoms with Crippen LogP contribution in [0.15, 0.2) is 24.3 Å². The molecule has 3 nitrogen and oxygen atoms in total. The second-order valence-electron chi connectivity index (χ2n) is 4.03. The number of carbonyl (C=O) groups excluding carboxylic acids is 1. The van der Waals surface area contributed by atoms with Gasteiger partial charge in [0, 0.05) is 12.7 Å². The van der Waals surface area contributed by atoms with Crippen molar-refractivity contribution in [2.75, 3.05) is 18.5 Å². The summed E-state index contributed by atoms with van der Waals surface area (Å²) < 4.78 is 13.0. The molecule has 0 spiro atoms. The minimum atomic E-state index is -0.323. The maximum atomic E-state index is 13.0. The third-order valence-electron chi connectivity index (χ3n) is 2.88. The van der Waals surface area contributed by atoms with Crippen LogP contribution in [0, 0.1) is 5.82 Å². The third kappa shape index (κ3) is 2.22. The second-order valence-corrected chi connectivity index (χ2v) is 4.03. The number of carbonyl (C=O) groups is 1. The maximum absolute atomic E-state index is 13.0. The van der Waals surface area contributed by atoms with Gasteiger partial charge in [-0.25, -0.2) is 4.39 Å². The Kier molecular flexibility index (Phi) is 3.19. The molecule has 1 amide bonds. The van der Waals surface area contributed by atoms with Gasteiger partial charge in [-0.1, -0.05) is 6.07 Å². The number of hydrogen-bond acceptors (Lipinski definition) is 2. The fourth-order valence-electron chi connectivity index (χ4n) is 1.94. The van der Waals surface area contributed by atoms with Crippen LogP contribution in [0.4, 0.5) is 10.1 Å². The monoisotopic (exact) mass is 222 g/mol. The highest BCUT2D eigenvalue weighted by Gasteiger charge is 2.25. The summed E-state index contributed by atoms with van der Waals surface area (Å²) in [5, 5.41) is 3.14. The molecule has 1 aliphatic rings. The van der Waals surface area contributed by atoms with E-state index in [0.717, 1.165) is 19.4 Å². The standard InChI is InChI=1S/C12H15FN2O/c1-15(10-5-2-4-9(13)8-10)12(16)11-6-3-7-14-11/h2,4-5,8,11,14H,3,6-7H2,1H3/t11-/m1/s1. The van der Waals surface area contributed by atoms with Crippen LogP contribution in [0.2, 0.25) is 0 Å². The highest BCUT2D eigenvalue weighted by atomic mass is 19.1. The summed E-state index contributed by atoms with van der Waals surface area (Å²) in [6, 6.07) is 5.96. The Morgan fingerprint density at radius 3 is 3.00 bits per heavy atom. The number of likely N-dealkylation sites (N-methyl/N-ethyl adjacent to an activating group) is 1. The quantitative estimate of drug-likeness (QED) is 0.823. The van der Waals surface area contributed by atoms with Crippen LogP contribution in [0.25, 0.3) is 0 Å². The summed E-state index contributed by atoms with van der Waals surface area (Å²) in [5.41, 5.74) is 0.596. The van der Waals surface area contributed by atoms with Crippen LogP contribution < -0.4 is 10.2 Å². The molecule has 0 bridgehead atoms. The maximum Gasteiger partial charge on any atom is 0.243 e. The first-order chi connectivity index (χ1) is 7.68. The van der Waals surface area contributed by atoms with Gasteiger partial charge in [-0.05, 0) is 37.6 Å². The summed E-state index contributed by atoms with van der Waals surface area (Å²) in [6.07, 6.45) is 1.88. The van der Waals surface area contributed by atoms with Gasteiger partial charge >= 0.3 is 0 Å². The number of benzene rings is 1. The molecule has 1 atom stereocenters. The Hall–Kier alpha value is -1.42. The van der Waals surface area contributed by atoms with E-state index >= 15 is 0 Å². The molecule has 1 saturated heterocycles. The summed E-state index contributed by atoms with van der Waals surface area (Å²) in [7, 11) is 1.68. The molecule has 0 saturated carbocycles. The van der Waals surface area contributed by atoms with Crippen molar-refractivity contribution in [2.24, 2.45) is 0 Å². The van der Waals surface area contributed by atoms with Crippen LogP contribution in [-0.2, 0) is 4.79 Å². The molecule has 1 fully saturated rings. The van der Waals surface area contributed by atoms with E-state index in [1.807, 2.05) is 0 Å². The van der Waals surface area contributed by atoms with E-state index in [4.69, 9.17) is 0 Å². The van der Waals surface area contributed by atoms with E-state index in [1.54, 1.807) is 19.2 Å². The van der Waals surface area contributed by atoms with Gasteiger partial charge < -0.3 is 10.2 Å². The van der Waals surface area contributed by atoms with E-state index in [-0.39, 0.29) is 17.8 Å². The van der Waals surface area contributed by atoms with Crippen LogP contribution >= 0.6 is 0 Å². The molecule has 1 aromatic carbocycles. The van der Waals surface area contributed by atoms with Gasteiger partial charge in [0.25, 0.3) is 0 Å². The summed E-state index contributed by atoms with van der Waals surface area (Å²) in [6.45, 7) is 0.882. The van der Waals surface area contributed by atoms with Crippen LogP contribution in [0.5, 0.6) is 0 Å². The van der Waals surface area contributed by atoms with E-state index in [9.17, 15) is 9.18 Å². The first kappa shape index (κ1) is 11.1. The zero-order valence-corrected chi connectivity index (χ0v) is 9.24. The number of hydrogen-bond donors (Lipinski definition) is 1. The van der Waals surface area contributed by atoms with Gasteiger partial charge in [0.1, 0.15) is 5.82 Å². The predicted octanol–water partition coefficient (Wildman–Crippen LogP) is 1.54. The van der Waals surface area contributed by atoms with Crippen molar-refractivity contribution in [3.8, 4) is 0 Å².